The summed E-state index contributed by atoms with van der Waals surface area (Å²) in [5.41, 5.74) is 3.30. The first kappa shape index (κ1) is 26.4. The molecule has 3 aromatic carbocycles. The normalized spacial score (nSPS) is 13.6. The van der Waals surface area contributed by atoms with Gasteiger partial charge in [-0.3, -0.25) is 9.10 Å². The maximum Gasteiger partial charge on any atom is 0.264 e. The van der Waals surface area contributed by atoms with E-state index in [1.807, 2.05) is 36.0 Å². The number of carbonyl (C=O) groups excluding carboxylic acids is 1. The molecule has 0 spiro atoms. The van der Waals surface area contributed by atoms with E-state index in [0.717, 1.165) is 27.1 Å². The van der Waals surface area contributed by atoms with Gasteiger partial charge in [0.1, 0.15) is 29.9 Å². The number of anilines is 1. The molecular formula is C26H27N3O6S2. The van der Waals surface area contributed by atoms with Gasteiger partial charge in [0.2, 0.25) is 0 Å². The summed E-state index contributed by atoms with van der Waals surface area (Å²) in [6.45, 7) is -0.541. The number of rotatable bonds is 11. The summed E-state index contributed by atoms with van der Waals surface area (Å²) in [4.78, 5) is 12.9. The Bertz CT molecular complexity index is 1360. The van der Waals surface area contributed by atoms with Crippen molar-refractivity contribution in [3.05, 3.63) is 78.4 Å². The SMILES string of the molecule is COc1ccc(OC)c(N(CC(=O)N/N=C/c2cccc(OC3CSC3)c2)S(=O)(=O)c2ccccc2)c1. The van der Waals surface area contributed by atoms with Gasteiger partial charge in [-0.15, -0.1) is 0 Å². The summed E-state index contributed by atoms with van der Waals surface area (Å²) in [5, 5.41) is 4.01. The number of benzene rings is 3. The summed E-state index contributed by atoms with van der Waals surface area (Å²) in [6, 6.07) is 19.9. The molecule has 0 bridgehead atoms. The van der Waals surface area contributed by atoms with Crippen LogP contribution < -0.4 is 23.9 Å². The molecular weight excluding hydrogens is 514 g/mol. The van der Waals surface area contributed by atoms with Crippen molar-refractivity contribution in [3.63, 3.8) is 0 Å². The number of thioether (sulfide) groups is 1. The molecule has 9 nitrogen and oxygen atoms in total. The number of hydrazone groups is 1. The minimum Gasteiger partial charge on any atom is -0.497 e. The fraction of sp³-hybridized carbons (Fsp3) is 0.231. The van der Waals surface area contributed by atoms with Crippen LogP contribution in [0.25, 0.3) is 0 Å². The molecule has 3 aromatic rings. The number of methoxy groups -OCH3 is 2. The van der Waals surface area contributed by atoms with Crippen LogP contribution in [-0.2, 0) is 14.8 Å². The average Bonchev–Trinajstić information content (AvgIpc) is 2.89. The number of hydrogen-bond donors (Lipinski definition) is 1. The zero-order valence-electron chi connectivity index (χ0n) is 20.4. The monoisotopic (exact) mass is 541 g/mol. The van der Waals surface area contributed by atoms with Gasteiger partial charge < -0.3 is 14.2 Å². The van der Waals surface area contributed by atoms with Gasteiger partial charge in [-0.1, -0.05) is 30.3 Å². The Morgan fingerprint density at radius 3 is 2.49 bits per heavy atom. The molecule has 1 amide bonds. The van der Waals surface area contributed by atoms with Crippen LogP contribution in [0.5, 0.6) is 17.2 Å². The molecule has 0 aromatic heterocycles. The first-order chi connectivity index (χ1) is 17.9. The fourth-order valence-corrected chi connectivity index (χ4v) is 5.51. The van der Waals surface area contributed by atoms with Gasteiger partial charge in [-0.25, -0.2) is 13.8 Å². The summed E-state index contributed by atoms with van der Waals surface area (Å²) >= 11 is 1.83. The van der Waals surface area contributed by atoms with E-state index in [2.05, 4.69) is 10.5 Å². The Morgan fingerprint density at radius 2 is 1.81 bits per heavy atom. The Morgan fingerprint density at radius 1 is 1.03 bits per heavy atom. The second kappa shape index (κ2) is 12.0. The van der Waals surface area contributed by atoms with E-state index in [4.69, 9.17) is 14.2 Å². The maximum atomic E-state index is 13.6. The first-order valence-corrected chi connectivity index (χ1v) is 14.0. The largest absolute Gasteiger partial charge is 0.497 e. The molecule has 1 heterocycles. The van der Waals surface area contributed by atoms with Gasteiger partial charge in [0, 0.05) is 17.6 Å². The van der Waals surface area contributed by atoms with E-state index >= 15 is 0 Å². The lowest BCUT2D eigenvalue weighted by Gasteiger charge is -2.26. The number of nitrogens with one attached hydrogen (secondary N) is 1. The van der Waals surface area contributed by atoms with Crippen LogP contribution in [0.3, 0.4) is 0 Å². The third-order valence-electron chi connectivity index (χ3n) is 5.44. The molecule has 0 saturated carbocycles. The molecule has 0 unspecified atom stereocenters. The molecule has 11 heteroatoms. The summed E-state index contributed by atoms with van der Waals surface area (Å²) in [7, 11) is -1.24. The third kappa shape index (κ3) is 6.55. The number of carbonyl (C=O) groups is 1. The van der Waals surface area contributed by atoms with Crippen molar-refractivity contribution < 1.29 is 27.4 Å². The molecule has 1 aliphatic heterocycles. The minimum absolute atomic E-state index is 0.0258. The molecule has 194 valence electrons. The van der Waals surface area contributed by atoms with E-state index in [0.29, 0.717) is 5.75 Å². The Hall–Kier alpha value is -3.70. The van der Waals surface area contributed by atoms with Gasteiger partial charge in [-0.2, -0.15) is 16.9 Å². The van der Waals surface area contributed by atoms with E-state index < -0.39 is 22.5 Å². The van der Waals surface area contributed by atoms with Crippen LogP contribution in [0.2, 0.25) is 0 Å². The number of sulfonamides is 1. The number of amides is 1. The maximum absolute atomic E-state index is 13.6. The zero-order valence-corrected chi connectivity index (χ0v) is 22.0. The van der Waals surface area contributed by atoms with Crippen LogP contribution in [0.1, 0.15) is 5.56 Å². The van der Waals surface area contributed by atoms with Crippen molar-refractivity contribution in [1.82, 2.24) is 5.43 Å². The lowest BCUT2D eigenvalue weighted by molar-refractivity contribution is -0.119. The highest BCUT2D eigenvalue weighted by atomic mass is 32.2. The lowest BCUT2D eigenvalue weighted by Crippen LogP contribution is -2.39. The highest BCUT2D eigenvalue weighted by Crippen LogP contribution is 2.35. The topological polar surface area (TPSA) is 107 Å². The molecule has 37 heavy (non-hydrogen) atoms. The van der Waals surface area contributed by atoms with Crippen molar-refractivity contribution in [2.24, 2.45) is 5.10 Å². The summed E-state index contributed by atoms with van der Waals surface area (Å²) in [5.74, 6) is 2.69. The number of hydrogen-bond acceptors (Lipinski definition) is 8. The zero-order chi connectivity index (χ0) is 26.3. The van der Waals surface area contributed by atoms with Gasteiger partial charge in [0.15, 0.2) is 0 Å². The second-order valence-corrected chi connectivity index (χ2v) is 10.9. The fourth-order valence-electron chi connectivity index (χ4n) is 3.50. The van der Waals surface area contributed by atoms with Crippen molar-refractivity contribution in [2.75, 3.05) is 36.6 Å². The van der Waals surface area contributed by atoms with E-state index in [1.54, 1.807) is 30.3 Å². The summed E-state index contributed by atoms with van der Waals surface area (Å²) in [6.07, 6.45) is 1.69. The van der Waals surface area contributed by atoms with Crippen molar-refractivity contribution in [1.29, 1.82) is 0 Å². The van der Waals surface area contributed by atoms with Gasteiger partial charge in [0.05, 0.1) is 31.0 Å². The third-order valence-corrected chi connectivity index (χ3v) is 8.43. The van der Waals surface area contributed by atoms with Crippen LogP contribution in [0.4, 0.5) is 5.69 Å². The Labute approximate surface area is 220 Å². The van der Waals surface area contributed by atoms with Gasteiger partial charge in [-0.05, 0) is 42.0 Å². The summed E-state index contributed by atoms with van der Waals surface area (Å²) < 4.78 is 44.7. The quantitative estimate of drug-likeness (QED) is 0.292. The predicted octanol–water partition coefficient (Wildman–Crippen LogP) is 3.54. The van der Waals surface area contributed by atoms with Crippen LogP contribution in [0.15, 0.2) is 82.8 Å². The molecule has 1 N–H and O–H groups in total. The van der Waals surface area contributed by atoms with Crippen molar-refractivity contribution in [2.45, 2.75) is 11.0 Å². The molecule has 4 rings (SSSR count). The number of ether oxygens (including phenoxy) is 3. The average molecular weight is 542 g/mol. The van der Waals surface area contributed by atoms with Gasteiger partial charge >= 0.3 is 0 Å². The first-order valence-electron chi connectivity index (χ1n) is 11.4. The predicted molar refractivity (Wildman–Crippen MR) is 144 cm³/mol. The van der Waals surface area contributed by atoms with E-state index in [9.17, 15) is 13.2 Å². The molecule has 0 atom stereocenters. The minimum atomic E-state index is -4.13. The van der Waals surface area contributed by atoms with Crippen molar-refractivity contribution in [3.8, 4) is 17.2 Å². The number of nitrogens with zero attached hydrogens (tertiary/aromatic N) is 2. The highest BCUT2D eigenvalue weighted by molar-refractivity contribution is 8.00. The van der Waals surface area contributed by atoms with Crippen LogP contribution in [0, 0.1) is 0 Å². The lowest BCUT2D eigenvalue weighted by atomic mass is 10.2. The molecule has 0 aliphatic carbocycles. The van der Waals surface area contributed by atoms with Crippen LogP contribution >= 0.6 is 11.8 Å². The Balaban J connectivity index is 1.55. The molecule has 1 saturated heterocycles. The molecule has 1 fully saturated rings. The molecule has 1 aliphatic rings. The van der Waals surface area contributed by atoms with E-state index in [-0.39, 0.29) is 22.4 Å². The van der Waals surface area contributed by atoms with Crippen molar-refractivity contribution >= 4 is 39.6 Å². The smallest absolute Gasteiger partial charge is 0.264 e. The van der Waals surface area contributed by atoms with E-state index in [1.165, 1.54) is 38.6 Å². The standard InChI is InChI=1S/C26H27N3O6S2/c1-33-20-11-12-25(34-2)24(14-20)29(37(31,32)23-9-4-3-5-10-23)16-26(30)28-27-15-19-7-6-8-21(13-19)35-22-17-36-18-22/h3-15,22H,16-18H2,1-2H3,(H,28,30)/b27-15+. The molecule has 0 radical (unpaired) electrons. The highest BCUT2D eigenvalue weighted by Gasteiger charge is 2.30. The van der Waals surface area contributed by atoms with Gasteiger partial charge in [0.25, 0.3) is 15.9 Å². The Kier molecular flexibility index (Phi) is 8.57. The second-order valence-electron chi connectivity index (χ2n) is 8.01. The van der Waals surface area contributed by atoms with Crippen LogP contribution in [-0.4, -0.2) is 58.9 Å².